The number of benzene rings is 1. The molecule has 0 radical (unpaired) electrons. The summed E-state index contributed by atoms with van der Waals surface area (Å²) in [6, 6.07) is 3.35. The number of rotatable bonds is 2. The summed E-state index contributed by atoms with van der Waals surface area (Å²) in [6.07, 6.45) is -0.434. The van der Waals surface area contributed by atoms with Crippen molar-refractivity contribution in [2.24, 2.45) is 0 Å². The minimum atomic E-state index is -3.56. The third-order valence-corrected chi connectivity index (χ3v) is 5.13. The first-order valence-corrected chi connectivity index (χ1v) is 8.74. The Kier molecular flexibility index (Phi) is 4.39. The van der Waals surface area contributed by atoms with Gasteiger partial charge in [-0.15, -0.1) is 0 Å². The van der Waals surface area contributed by atoms with Crippen LogP contribution in [0.5, 0.6) is 0 Å². The number of aromatic carboxylic acids is 1. The highest BCUT2D eigenvalue weighted by Crippen LogP contribution is 2.33. The number of carbonyl (C=O) groups is 2. The number of carboxylic acids is 1. The van der Waals surface area contributed by atoms with Gasteiger partial charge in [-0.05, 0) is 44.9 Å². The van der Waals surface area contributed by atoms with Crippen LogP contribution in [0.3, 0.4) is 0 Å². The molecule has 1 amide bonds. The van der Waals surface area contributed by atoms with Crippen molar-refractivity contribution in [3.8, 4) is 0 Å². The van der Waals surface area contributed by atoms with Crippen LogP contribution in [0.1, 0.15) is 49.2 Å². The van der Waals surface area contributed by atoms with Crippen LogP contribution >= 0.6 is 0 Å². The molecule has 1 aromatic carbocycles. The molecule has 2 N–H and O–H groups in total. The van der Waals surface area contributed by atoms with E-state index < -0.39 is 33.5 Å². The smallest absolute Gasteiger partial charge is 0.408 e. The van der Waals surface area contributed by atoms with Crippen LogP contribution in [-0.2, 0) is 14.6 Å². The Morgan fingerprint density at radius 2 is 1.96 bits per heavy atom. The SMILES string of the molecule is CC(C)(C)OC(=O)NC1CCS(=O)(=O)c2cc(C(=O)O)ccc21. The van der Waals surface area contributed by atoms with E-state index in [-0.39, 0.29) is 22.6 Å². The fourth-order valence-electron chi connectivity index (χ4n) is 2.36. The zero-order valence-electron chi connectivity index (χ0n) is 13.1. The fourth-order valence-corrected chi connectivity index (χ4v) is 4.00. The maximum absolute atomic E-state index is 12.2. The Balaban J connectivity index is 2.34. The summed E-state index contributed by atoms with van der Waals surface area (Å²) in [5.41, 5.74) is -0.391. The Hall–Kier alpha value is -2.09. The lowest BCUT2D eigenvalue weighted by Crippen LogP contribution is -2.37. The first-order valence-electron chi connectivity index (χ1n) is 7.09. The van der Waals surface area contributed by atoms with E-state index in [1.54, 1.807) is 20.8 Å². The van der Waals surface area contributed by atoms with Crippen molar-refractivity contribution in [1.82, 2.24) is 5.32 Å². The first kappa shape index (κ1) is 17.3. The standard InChI is InChI=1S/C15H19NO6S/c1-15(2,3)22-14(19)16-11-6-7-23(20,21)12-8-9(13(17)18)4-5-10(11)12/h4-5,8,11H,6-7H2,1-3H3,(H,16,19)(H,17,18). The van der Waals surface area contributed by atoms with Gasteiger partial charge in [-0.25, -0.2) is 18.0 Å². The van der Waals surface area contributed by atoms with Gasteiger partial charge in [0, 0.05) is 0 Å². The molecule has 0 bridgehead atoms. The second-order valence-corrected chi connectivity index (χ2v) is 8.44. The Labute approximate surface area is 134 Å². The number of alkyl carbamates (subject to hydrolysis) is 1. The van der Waals surface area contributed by atoms with E-state index in [0.29, 0.717) is 5.56 Å². The number of carbonyl (C=O) groups excluding carboxylic acids is 1. The lowest BCUT2D eigenvalue weighted by molar-refractivity contribution is 0.0500. The molecule has 1 aliphatic heterocycles. The van der Waals surface area contributed by atoms with Crippen molar-refractivity contribution >= 4 is 21.9 Å². The predicted octanol–water partition coefficient (Wildman–Crippen LogP) is 2.13. The van der Waals surface area contributed by atoms with Gasteiger partial charge in [0.25, 0.3) is 0 Å². The summed E-state index contributed by atoms with van der Waals surface area (Å²) in [7, 11) is -3.56. The molecule has 0 saturated carbocycles. The number of ether oxygens (including phenoxy) is 1. The molecule has 1 aromatic rings. The van der Waals surface area contributed by atoms with Crippen molar-refractivity contribution in [2.45, 2.75) is 43.7 Å². The second-order valence-electron chi connectivity index (χ2n) is 6.36. The van der Waals surface area contributed by atoms with E-state index >= 15 is 0 Å². The molecule has 0 spiro atoms. The van der Waals surface area contributed by atoms with E-state index in [9.17, 15) is 18.0 Å². The third-order valence-electron chi connectivity index (χ3n) is 3.34. The highest BCUT2D eigenvalue weighted by Gasteiger charge is 2.32. The van der Waals surface area contributed by atoms with Gasteiger partial charge in [-0.2, -0.15) is 0 Å². The van der Waals surface area contributed by atoms with Crippen molar-refractivity contribution in [1.29, 1.82) is 0 Å². The van der Waals surface area contributed by atoms with Gasteiger partial charge in [0.15, 0.2) is 9.84 Å². The number of amides is 1. The van der Waals surface area contributed by atoms with Gasteiger partial charge in [-0.1, -0.05) is 6.07 Å². The average molecular weight is 341 g/mol. The summed E-state index contributed by atoms with van der Waals surface area (Å²) < 4.78 is 29.5. The highest BCUT2D eigenvalue weighted by molar-refractivity contribution is 7.91. The molecule has 1 atom stereocenters. The zero-order valence-corrected chi connectivity index (χ0v) is 13.9. The van der Waals surface area contributed by atoms with Crippen LogP contribution in [0.2, 0.25) is 0 Å². The zero-order chi connectivity index (χ0) is 17.4. The fraction of sp³-hybridized carbons (Fsp3) is 0.467. The van der Waals surface area contributed by atoms with Crippen LogP contribution in [0.4, 0.5) is 4.79 Å². The first-order chi connectivity index (χ1) is 10.5. The van der Waals surface area contributed by atoms with Gasteiger partial charge in [0.1, 0.15) is 5.60 Å². The molecule has 2 rings (SSSR count). The van der Waals surface area contributed by atoms with Crippen molar-refractivity contribution in [2.75, 3.05) is 5.75 Å². The molecule has 23 heavy (non-hydrogen) atoms. The predicted molar refractivity (Wildman–Crippen MR) is 82.2 cm³/mol. The van der Waals surface area contributed by atoms with Gasteiger partial charge < -0.3 is 15.2 Å². The molecule has 0 fully saturated rings. The number of carboxylic acid groups (broad SMARTS) is 1. The maximum atomic E-state index is 12.2. The van der Waals surface area contributed by atoms with E-state index in [0.717, 1.165) is 6.07 Å². The second kappa shape index (κ2) is 5.84. The maximum Gasteiger partial charge on any atom is 0.408 e. The number of hydrogen-bond acceptors (Lipinski definition) is 5. The molecule has 1 unspecified atom stereocenters. The van der Waals surface area contributed by atoms with Crippen LogP contribution in [0.15, 0.2) is 23.1 Å². The lowest BCUT2D eigenvalue weighted by Gasteiger charge is -2.28. The molecule has 8 heteroatoms. The van der Waals surface area contributed by atoms with Gasteiger partial charge >= 0.3 is 12.1 Å². The molecular weight excluding hydrogens is 322 g/mol. The summed E-state index contributed by atoms with van der Waals surface area (Å²) in [5.74, 6) is -1.37. The third kappa shape index (κ3) is 4.01. The topological polar surface area (TPSA) is 110 Å². The molecule has 0 aromatic heterocycles. The summed E-state index contributed by atoms with van der Waals surface area (Å²) in [4.78, 5) is 22.9. The minimum absolute atomic E-state index is 0.0512. The Morgan fingerprint density at radius 1 is 1.30 bits per heavy atom. The molecule has 7 nitrogen and oxygen atoms in total. The van der Waals surface area contributed by atoms with Crippen LogP contribution in [0.25, 0.3) is 0 Å². The normalized spacial score (nSPS) is 19.5. The number of hydrogen-bond donors (Lipinski definition) is 2. The molecule has 0 saturated heterocycles. The number of nitrogens with one attached hydrogen (secondary N) is 1. The lowest BCUT2D eigenvalue weighted by atomic mass is 10.0. The Bertz CT molecular complexity index is 748. The number of fused-ring (bicyclic) bond motifs is 1. The molecule has 1 aliphatic rings. The van der Waals surface area contributed by atoms with E-state index in [2.05, 4.69) is 5.32 Å². The highest BCUT2D eigenvalue weighted by atomic mass is 32.2. The van der Waals surface area contributed by atoms with Gasteiger partial charge in [0.2, 0.25) is 0 Å². The summed E-state index contributed by atoms with van der Waals surface area (Å²) >= 11 is 0. The number of sulfone groups is 1. The Morgan fingerprint density at radius 3 is 2.52 bits per heavy atom. The quantitative estimate of drug-likeness (QED) is 0.853. The van der Waals surface area contributed by atoms with E-state index in [1.807, 2.05) is 0 Å². The van der Waals surface area contributed by atoms with Gasteiger partial charge in [-0.3, -0.25) is 0 Å². The van der Waals surface area contributed by atoms with Crippen LogP contribution in [-0.4, -0.2) is 36.9 Å². The molecule has 126 valence electrons. The summed E-state index contributed by atoms with van der Waals surface area (Å²) in [6.45, 7) is 5.18. The molecular formula is C15H19NO6S. The molecule has 0 aliphatic carbocycles. The minimum Gasteiger partial charge on any atom is -0.478 e. The van der Waals surface area contributed by atoms with Gasteiger partial charge in [0.05, 0.1) is 22.3 Å². The van der Waals surface area contributed by atoms with E-state index in [4.69, 9.17) is 9.84 Å². The monoisotopic (exact) mass is 341 g/mol. The van der Waals surface area contributed by atoms with Crippen molar-refractivity contribution in [3.63, 3.8) is 0 Å². The van der Waals surface area contributed by atoms with Crippen LogP contribution < -0.4 is 5.32 Å². The van der Waals surface area contributed by atoms with Crippen LogP contribution in [0, 0.1) is 0 Å². The average Bonchev–Trinajstić information content (AvgIpc) is 2.39. The van der Waals surface area contributed by atoms with Crippen molar-refractivity contribution < 1.29 is 27.9 Å². The summed E-state index contributed by atoms with van der Waals surface area (Å²) in [5, 5.41) is 11.7. The van der Waals surface area contributed by atoms with E-state index in [1.165, 1.54) is 12.1 Å². The molecule has 1 heterocycles. The largest absolute Gasteiger partial charge is 0.478 e. The van der Waals surface area contributed by atoms with Crippen molar-refractivity contribution in [3.05, 3.63) is 29.3 Å².